The van der Waals surface area contributed by atoms with Crippen LogP contribution in [0.2, 0.25) is 0 Å². The Morgan fingerprint density at radius 2 is 1.97 bits per heavy atom. The molecule has 2 aromatic heterocycles. The van der Waals surface area contributed by atoms with E-state index in [1.54, 1.807) is 4.90 Å². The van der Waals surface area contributed by atoms with Crippen LogP contribution < -0.4 is 16.1 Å². The van der Waals surface area contributed by atoms with Crippen LogP contribution in [0.4, 0.5) is 19.0 Å². The quantitative estimate of drug-likeness (QED) is 0.661. The lowest BCUT2D eigenvalue weighted by atomic mass is 10.1. The maximum absolute atomic E-state index is 15.0. The van der Waals surface area contributed by atoms with E-state index in [-0.39, 0.29) is 46.5 Å². The summed E-state index contributed by atoms with van der Waals surface area (Å²) in [5, 5.41) is 9.08. The molecule has 5 rings (SSSR count). The Morgan fingerprint density at radius 1 is 1.23 bits per heavy atom. The molecule has 1 saturated carbocycles. The molecule has 7 nitrogen and oxygen atoms in total. The van der Waals surface area contributed by atoms with Gasteiger partial charge < -0.3 is 15.7 Å². The smallest absolute Gasteiger partial charge is 0.341 e. The van der Waals surface area contributed by atoms with Gasteiger partial charge in [0, 0.05) is 36.8 Å². The van der Waals surface area contributed by atoms with Crippen molar-refractivity contribution in [1.29, 1.82) is 0 Å². The van der Waals surface area contributed by atoms with Crippen LogP contribution in [0.15, 0.2) is 35.3 Å². The van der Waals surface area contributed by atoms with Crippen molar-refractivity contribution in [2.45, 2.75) is 19.0 Å². The zero-order chi connectivity index (χ0) is 22.2. The number of hydrogen-bond donors (Lipinski definition) is 2. The summed E-state index contributed by atoms with van der Waals surface area (Å²) >= 11 is 0. The van der Waals surface area contributed by atoms with Crippen molar-refractivity contribution < 1.29 is 23.1 Å². The number of carbonyl (C=O) groups is 1. The summed E-state index contributed by atoms with van der Waals surface area (Å²) in [6.07, 6.45) is 0.915. The Hall–Kier alpha value is -3.40. The summed E-state index contributed by atoms with van der Waals surface area (Å²) in [7, 11) is 0. The summed E-state index contributed by atoms with van der Waals surface area (Å²) in [6, 6.07) is 3.60. The van der Waals surface area contributed by atoms with Gasteiger partial charge in [0.2, 0.25) is 5.43 Å². The molecule has 3 heterocycles. The van der Waals surface area contributed by atoms with E-state index in [0.29, 0.717) is 12.6 Å². The molecule has 0 unspecified atom stereocenters. The monoisotopic (exact) mass is 430 g/mol. The third kappa shape index (κ3) is 2.82. The van der Waals surface area contributed by atoms with Crippen LogP contribution in [0.5, 0.6) is 0 Å². The molecule has 1 aromatic carbocycles. The largest absolute Gasteiger partial charge is 0.477 e. The van der Waals surface area contributed by atoms with Crippen LogP contribution in [-0.4, -0.2) is 39.3 Å². The highest BCUT2D eigenvalue weighted by molar-refractivity contribution is 5.92. The number of carboxylic acids is 1. The van der Waals surface area contributed by atoms with Crippen LogP contribution in [0, 0.1) is 29.3 Å². The molecule has 1 saturated heterocycles. The summed E-state index contributed by atoms with van der Waals surface area (Å²) in [6.45, 7) is 2.40. The number of aromatic carboxylic acids is 1. The molecule has 160 valence electrons. The molecule has 0 radical (unpaired) electrons. The van der Waals surface area contributed by atoms with Gasteiger partial charge in [-0.05, 0) is 31.0 Å². The molecule has 1 aliphatic heterocycles. The fraction of sp³-hybridized carbons (Fsp3) is 0.286. The molecule has 1 aliphatic carbocycles. The molecule has 2 aliphatic rings. The standard InChI is InChI=1S/C21H17F3N4O3/c1-8-16-11(17(16)25)6-27(8)20-14(24)5-10-18(29)12(21(30)31)7-28(19(10)26-20)15-3-2-9(22)4-13(15)23/h2-5,7-8,11,16-17H,6,25H2,1H3,(H,30,31)/t8-,11-,16-,17-/m0/s1. The number of pyridine rings is 2. The maximum Gasteiger partial charge on any atom is 0.341 e. The van der Waals surface area contributed by atoms with Gasteiger partial charge in [-0.2, -0.15) is 0 Å². The van der Waals surface area contributed by atoms with Crippen LogP contribution in [0.25, 0.3) is 16.7 Å². The summed E-state index contributed by atoms with van der Waals surface area (Å²) in [5.74, 6) is -3.77. The molecule has 4 atom stereocenters. The fourth-order valence-corrected chi connectivity index (χ4v) is 4.66. The number of fused-ring (bicyclic) bond motifs is 2. The van der Waals surface area contributed by atoms with Crippen LogP contribution in [0.1, 0.15) is 17.3 Å². The molecule has 10 heteroatoms. The van der Waals surface area contributed by atoms with Gasteiger partial charge in [-0.25, -0.2) is 22.9 Å². The van der Waals surface area contributed by atoms with Gasteiger partial charge >= 0.3 is 5.97 Å². The number of rotatable bonds is 3. The van der Waals surface area contributed by atoms with E-state index in [2.05, 4.69) is 4.98 Å². The maximum atomic E-state index is 15.0. The van der Waals surface area contributed by atoms with E-state index in [9.17, 15) is 23.5 Å². The molecule has 0 amide bonds. The molecular formula is C21H17F3N4O3. The Bertz CT molecular complexity index is 1330. The number of nitrogens with two attached hydrogens (primary N) is 1. The van der Waals surface area contributed by atoms with E-state index in [1.165, 1.54) is 0 Å². The van der Waals surface area contributed by atoms with Gasteiger partial charge in [0.15, 0.2) is 17.3 Å². The molecule has 31 heavy (non-hydrogen) atoms. The predicted octanol–water partition coefficient (Wildman–Crippen LogP) is 2.28. The molecular weight excluding hydrogens is 413 g/mol. The van der Waals surface area contributed by atoms with Crippen molar-refractivity contribution in [3.63, 3.8) is 0 Å². The number of nitrogens with zero attached hydrogens (tertiary/aromatic N) is 3. The molecule has 2 fully saturated rings. The van der Waals surface area contributed by atoms with Gasteiger partial charge in [-0.15, -0.1) is 0 Å². The van der Waals surface area contributed by atoms with Gasteiger partial charge in [0.1, 0.15) is 17.2 Å². The number of aromatic nitrogens is 2. The first-order valence-electron chi connectivity index (χ1n) is 9.66. The van der Waals surface area contributed by atoms with Crippen molar-refractivity contribution in [1.82, 2.24) is 9.55 Å². The third-order valence-corrected chi connectivity index (χ3v) is 6.33. The van der Waals surface area contributed by atoms with Crippen molar-refractivity contribution >= 4 is 22.8 Å². The second-order valence-electron chi connectivity index (χ2n) is 8.02. The Kier molecular flexibility index (Phi) is 4.13. The summed E-state index contributed by atoms with van der Waals surface area (Å²) < 4.78 is 44.0. The van der Waals surface area contributed by atoms with Gasteiger partial charge in [0.05, 0.1) is 11.1 Å². The van der Waals surface area contributed by atoms with Crippen molar-refractivity contribution in [3.8, 4) is 5.69 Å². The second-order valence-corrected chi connectivity index (χ2v) is 8.02. The number of benzene rings is 1. The van der Waals surface area contributed by atoms with Crippen molar-refractivity contribution in [3.05, 3.63) is 63.7 Å². The van der Waals surface area contributed by atoms with Crippen molar-refractivity contribution in [2.75, 3.05) is 11.4 Å². The van der Waals surface area contributed by atoms with E-state index in [4.69, 9.17) is 5.73 Å². The lowest BCUT2D eigenvalue weighted by Crippen LogP contribution is -2.36. The molecule has 0 bridgehead atoms. The number of piperidine rings is 1. The fourth-order valence-electron chi connectivity index (χ4n) is 4.66. The summed E-state index contributed by atoms with van der Waals surface area (Å²) in [5.41, 5.74) is 4.02. The van der Waals surface area contributed by atoms with E-state index in [0.717, 1.165) is 29.0 Å². The third-order valence-electron chi connectivity index (χ3n) is 6.33. The first-order chi connectivity index (χ1) is 14.7. The minimum Gasteiger partial charge on any atom is -0.477 e. The Labute approximate surface area is 173 Å². The Balaban J connectivity index is 1.77. The number of carboxylic acid groups (broad SMARTS) is 1. The van der Waals surface area contributed by atoms with E-state index < -0.39 is 34.4 Å². The van der Waals surface area contributed by atoms with Gasteiger partial charge in [-0.3, -0.25) is 9.36 Å². The lowest BCUT2D eigenvalue weighted by Gasteiger charge is -2.27. The number of halogens is 3. The average Bonchev–Trinajstić information content (AvgIpc) is 3.20. The van der Waals surface area contributed by atoms with Crippen LogP contribution >= 0.6 is 0 Å². The van der Waals surface area contributed by atoms with Crippen LogP contribution in [-0.2, 0) is 0 Å². The highest BCUT2D eigenvalue weighted by Crippen LogP contribution is 2.49. The lowest BCUT2D eigenvalue weighted by molar-refractivity contribution is 0.0695. The van der Waals surface area contributed by atoms with Crippen LogP contribution in [0.3, 0.4) is 0 Å². The normalized spacial score (nSPS) is 24.5. The predicted molar refractivity (Wildman–Crippen MR) is 106 cm³/mol. The number of hydrogen-bond acceptors (Lipinski definition) is 5. The first-order valence-corrected chi connectivity index (χ1v) is 9.66. The average molecular weight is 430 g/mol. The first kappa shape index (κ1) is 19.6. The highest BCUT2D eigenvalue weighted by atomic mass is 19.1. The topological polar surface area (TPSA) is 101 Å². The minimum absolute atomic E-state index is 0.0295. The molecule has 3 aromatic rings. The Morgan fingerprint density at radius 3 is 2.58 bits per heavy atom. The van der Waals surface area contributed by atoms with E-state index >= 15 is 4.39 Å². The zero-order valence-electron chi connectivity index (χ0n) is 16.2. The zero-order valence-corrected chi connectivity index (χ0v) is 16.2. The van der Waals surface area contributed by atoms with Gasteiger partial charge in [-0.1, -0.05) is 0 Å². The minimum atomic E-state index is -1.56. The molecule has 3 N–H and O–H groups in total. The number of anilines is 1. The SMILES string of the molecule is C[C@H]1[C@@H]2[C@@H](N)[C@H]2CN1c1nc2c(cc1F)c(=O)c(C(=O)O)cn2-c1ccc(F)cc1F. The van der Waals surface area contributed by atoms with Gasteiger partial charge in [0.25, 0.3) is 0 Å². The summed E-state index contributed by atoms with van der Waals surface area (Å²) in [4.78, 5) is 30.3. The molecule has 0 spiro atoms. The second kappa shape index (κ2) is 6.55. The van der Waals surface area contributed by atoms with E-state index in [1.807, 2.05) is 6.92 Å². The van der Waals surface area contributed by atoms with Crippen molar-refractivity contribution in [2.24, 2.45) is 17.6 Å². The highest BCUT2D eigenvalue weighted by Gasteiger charge is 2.58.